The van der Waals surface area contributed by atoms with E-state index in [1.165, 1.54) is 6.92 Å². The lowest BCUT2D eigenvalue weighted by atomic mass is 10.1. The van der Waals surface area contributed by atoms with Gasteiger partial charge in [0.15, 0.2) is 0 Å². The highest BCUT2D eigenvalue weighted by Crippen LogP contribution is 2.23. The molecule has 0 aliphatic rings. The summed E-state index contributed by atoms with van der Waals surface area (Å²) in [5, 5.41) is 2.92. The van der Waals surface area contributed by atoms with Crippen molar-refractivity contribution in [3.8, 4) is 0 Å². The fourth-order valence-electron chi connectivity index (χ4n) is 2.51. The number of para-hydroxylation sites is 1. The van der Waals surface area contributed by atoms with Crippen LogP contribution < -0.4 is 10.2 Å². The molecule has 2 aromatic carbocycles. The lowest BCUT2D eigenvalue weighted by Gasteiger charge is -2.24. The maximum atomic E-state index is 12.5. The van der Waals surface area contributed by atoms with Crippen LogP contribution in [0.15, 0.2) is 54.6 Å². The van der Waals surface area contributed by atoms with Gasteiger partial charge in [-0.1, -0.05) is 55.8 Å². The molecule has 2 rings (SSSR count). The second kappa shape index (κ2) is 8.87. The summed E-state index contributed by atoms with van der Waals surface area (Å²) < 4.78 is 0. The first-order chi connectivity index (χ1) is 11.6. The number of hydrogen-bond acceptors (Lipinski definition) is 2. The summed E-state index contributed by atoms with van der Waals surface area (Å²) in [6, 6.07) is 17.0. The van der Waals surface area contributed by atoms with E-state index in [-0.39, 0.29) is 11.8 Å². The molecule has 4 heteroatoms. The number of rotatable bonds is 7. The Kier molecular flexibility index (Phi) is 6.55. The van der Waals surface area contributed by atoms with Gasteiger partial charge >= 0.3 is 0 Å². The molecule has 0 unspecified atom stereocenters. The van der Waals surface area contributed by atoms with Crippen molar-refractivity contribution in [3.05, 3.63) is 65.7 Å². The molecule has 0 aliphatic carbocycles. The third kappa shape index (κ3) is 4.69. The van der Waals surface area contributed by atoms with Crippen molar-refractivity contribution in [3.63, 3.8) is 0 Å². The van der Waals surface area contributed by atoms with Crippen molar-refractivity contribution >= 4 is 17.5 Å². The molecule has 0 atom stereocenters. The van der Waals surface area contributed by atoms with Gasteiger partial charge in [-0.3, -0.25) is 9.59 Å². The third-order valence-corrected chi connectivity index (χ3v) is 3.82. The van der Waals surface area contributed by atoms with E-state index in [9.17, 15) is 9.59 Å². The predicted molar refractivity (Wildman–Crippen MR) is 97.0 cm³/mol. The highest BCUT2D eigenvalue weighted by Gasteiger charge is 2.19. The van der Waals surface area contributed by atoms with Crippen molar-refractivity contribution in [2.24, 2.45) is 0 Å². The predicted octanol–water partition coefficient (Wildman–Crippen LogP) is 3.77. The van der Waals surface area contributed by atoms with E-state index < -0.39 is 0 Å². The fourth-order valence-corrected chi connectivity index (χ4v) is 2.51. The van der Waals surface area contributed by atoms with E-state index in [1.807, 2.05) is 48.5 Å². The minimum Gasteiger partial charge on any atom is -0.352 e. The molecule has 0 heterocycles. The average Bonchev–Trinajstić information content (AvgIpc) is 2.60. The molecule has 0 aromatic heterocycles. The summed E-state index contributed by atoms with van der Waals surface area (Å²) in [5.74, 6) is -0.231. The van der Waals surface area contributed by atoms with Crippen LogP contribution in [-0.4, -0.2) is 18.4 Å². The van der Waals surface area contributed by atoms with Crippen LogP contribution in [0.4, 0.5) is 5.69 Å². The molecule has 2 aromatic rings. The van der Waals surface area contributed by atoms with Crippen molar-refractivity contribution in [2.75, 3.05) is 11.4 Å². The van der Waals surface area contributed by atoms with Crippen LogP contribution in [0.25, 0.3) is 0 Å². The first-order valence-electron chi connectivity index (χ1n) is 8.32. The van der Waals surface area contributed by atoms with Crippen LogP contribution >= 0.6 is 0 Å². The molecule has 2 amide bonds. The SMILES string of the molecule is CCCCNC(=O)c1ccccc1N(Cc1ccccc1)C(C)=O. The maximum absolute atomic E-state index is 12.5. The minimum absolute atomic E-state index is 0.0901. The van der Waals surface area contributed by atoms with Crippen LogP contribution in [0.2, 0.25) is 0 Å². The number of hydrogen-bond donors (Lipinski definition) is 1. The molecule has 0 bridgehead atoms. The summed E-state index contributed by atoms with van der Waals surface area (Å²) in [6.45, 7) is 4.68. The molecule has 24 heavy (non-hydrogen) atoms. The smallest absolute Gasteiger partial charge is 0.253 e. The van der Waals surface area contributed by atoms with Gasteiger partial charge < -0.3 is 10.2 Å². The van der Waals surface area contributed by atoms with Crippen molar-refractivity contribution in [2.45, 2.75) is 33.2 Å². The summed E-state index contributed by atoms with van der Waals surface area (Å²) in [5.41, 5.74) is 2.19. The number of carbonyl (C=O) groups is 2. The summed E-state index contributed by atoms with van der Waals surface area (Å²) >= 11 is 0. The first-order valence-corrected chi connectivity index (χ1v) is 8.32. The number of amides is 2. The monoisotopic (exact) mass is 324 g/mol. The van der Waals surface area contributed by atoms with E-state index in [2.05, 4.69) is 12.2 Å². The Morgan fingerprint density at radius 1 is 1.00 bits per heavy atom. The lowest BCUT2D eigenvalue weighted by molar-refractivity contribution is -0.116. The van der Waals surface area contributed by atoms with Crippen LogP contribution in [0.3, 0.4) is 0 Å². The highest BCUT2D eigenvalue weighted by atomic mass is 16.2. The van der Waals surface area contributed by atoms with Crippen LogP contribution in [0, 0.1) is 0 Å². The van der Waals surface area contributed by atoms with E-state index in [0.717, 1.165) is 18.4 Å². The van der Waals surface area contributed by atoms with Gasteiger partial charge in [-0.2, -0.15) is 0 Å². The molecule has 0 fully saturated rings. The zero-order valence-corrected chi connectivity index (χ0v) is 14.3. The Labute approximate surface area is 143 Å². The average molecular weight is 324 g/mol. The van der Waals surface area contributed by atoms with Gasteiger partial charge in [0.2, 0.25) is 5.91 Å². The van der Waals surface area contributed by atoms with Gasteiger partial charge in [0.25, 0.3) is 5.91 Å². The standard InChI is InChI=1S/C20H24N2O2/c1-3-4-14-21-20(24)18-12-8-9-13-19(18)22(16(2)23)15-17-10-6-5-7-11-17/h5-13H,3-4,14-15H2,1-2H3,(H,21,24). The van der Waals surface area contributed by atoms with E-state index in [0.29, 0.717) is 24.3 Å². The maximum Gasteiger partial charge on any atom is 0.253 e. The van der Waals surface area contributed by atoms with Gasteiger partial charge in [-0.05, 0) is 24.1 Å². The highest BCUT2D eigenvalue weighted by molar-refractivity contribution is 6.04. The quantitative estimate of drug-likeness (QED) is 0.788. The molecule has 1 N–H and O–H groups in total. The van der Waals surface area contributed by atoms with E-state index in [1.54, 1.807) is 11.0 Å². The molecule has 0 spiro atoms. The third-order valence-electron chi connectivity index (χ3n) is 3.82. The van der Waals surface area contributed by atoms with Crippen LogP contribution in [0.5, 0.6) is 0 Å². The minimum atomic E-state index is -0.140. The molecule has 0 saturated heterocycles. The summed E-state index contributed by atoms with van der Waals surface area (Å²) in [7, 11) is 0. The van der Waals surface area contributed by atoms with Gasteiger partial charge in [0, 0.05) is 13.5 Å². The van der Waals surface area contributed by atoms with Gasteiger partial charge in [0.05, 0.1) is 17.8 Å². The molecular weight excluding hydrogens is 300 g/mol. The lowest BCUT2D eigenvalue weighted by Crippen LogP contribution is -2.32. The number of nitrogens with one attached hydrogen (secondary N) is 1. The Morgan fingerprint density at radius 3 is 2.33 bits per heavy atom. The summed E-state index contributed by atoms with van der Waals surface area (Å²) in [4.78, 5) is 26.3. The van der Waals surface area contributed by atoms with Crippen LogP contribution in [0.1, 0.15) is 42.6 Å². The van der Waals surface area contributed by atoms with Crippen molar-refractivity contribution < 1.29 is 9.59 Å². The van der Waals surface area contributed by atoms with Crippen molar-refractivity contribution in [1.29, 1.82) is 0 Å². The van der Waals surface area contributed by atoms with Gasteiger partial charge in [-0.25, -0.2) is 0 Å². The number of unbranched alkanes of at least 4 members (excludes halogenated alkanes) is 1. The molecule has 0 saturated carbocycles. The molecule has 126 valence electrons. The summed E-state index contributed by atoms with van der Waals surface area (Å²) in [6.07, 6.45) is 1.96. The largest absolute Gasteiger partial charge is 0.352 e. The van der Waals surface area contributed by atoms with E-state index >= 15 is 0 Å². The zero-order valence-electron chi connectivity index (χ0n) is 14.3. The first kappa shape index (κ1) is 17.7. The Balaban J connectivity index is 2.27. The number of anilines is 1. The number of nitrogens with zero attached hydrogens (tertiary/aromatic N) is 1. The zero-order chi connectivity index (χ0) is 17.4. The Bertz CT molecular complexity index is 683. The topological polar surface area (TPSA) is 49.4 Å². The van der Waals surface area contributed by atoms with E-state index in [4.69, 9.17) is 0 Å². The number of benzene rings is 2. The Morgan fingerprint density at radius 2 is 1.67 bits per heavy atom. The number of carbonyl (C=O) groups excluding carboxylic acids is 2. The molecule has 0 aliphatic heterocycles. The fraction of sp³-hybridized carbons (Fsp3) is 0.300. The molecular formula is C20H24N2O2. The van der Waals surface area contributed by atoms with Crippen molar-refractivity contribution in [1.82, 2.24) is 5.32 Å². The molecule has 0 radical (unpaired) electrons. The second-order valence-electron chi connectivity index (χ2n) is 5.72. The normalized spacial score (nSPS) is 10.2. The van der Waals surface area contributed by atoms with Gasteiger partial charge in [-0.15, -0.1) is 0 Å². The molecule has 4 nitrogen and oxygen atoms in total. The Hall–Kier alpha value is -2.62. The second-order valence-corrected chi connectivity index (χ2v) is 5.72. The van der Waals surface area contributed by atoms with Gasteiger partial charge in [0.1, 0.15) is 0 Å². The van der Waals surface area contributed by atoms with Crippen LogP contribution in [-0.2, 0) is 11.3 Å².